The summed E-state index contributed by atoms with van der Waals surface area (Å²) in [4.78, 5) is 18.2. The van der Waals surface area contributed by atoms with Crippen molar-refractivity contribution in [3.05, 3.63) is 52.9 Å². The summed E-state index contributed by atoms with van der Waals surface area (Å²) < 4.78 is 26.0. The van der Waals surface area contributed by atoms with E-state index in [0.717, 1.165) is 9.88 Å². The Labute approximate surface area is 160 Å². The molecule has 1 aromatic carbocycles. The molecule has 6 nitrogen and oxygen atoms in total. The summed E-state index contributed by atoms with van der Waals surface area (Å²) in [6.45, 7) is 1.81. The third kappa shape index (κ3) is 4.69. The van der Waals surface area contributed by atoms with Crippen LogP contribution in [0.3, 0.4) is 0 Å². The van der Waals surface area contributed by atoms with Crippen LogP contribution in [0.1, 0.15) is 23.0 Å². The number of carbonyl (C=O) groups excluding carboxylic acids is 1. The van der Waals surface area contributed by atoms with Crippen LogP contribution in [0.4, 0.5) is 11.4 Å². The lowest BCUT2D eigenvalue weighted by atomic mass is 10.3. The Kier molecular flexibility index (Phi) is 5.70. The van der Waals surface area contributed by atoms with Crippen LogP contribution in [0.15, 0.2) is 48.0 Å². The fraction of sp³-hybridized carbons (Fsp3) is 0.176. The minimum Gasteiger partial charge on any atom is -0.321 e. The van der Waals surface area contributed by atoms with Crippen LogP contribution in [-0.2, 0) is 10.0 Å². The van der Waals surface area contributed by atoms with E-state index in [1.165, 1.54) is 11.3 Å². The van der Waals surface area contributed by atoms with Crippen molar-refractivity contribution in [3.8, 4) is 9.88 Å². The molecule has 0 bridgehead atoms. The van der Waals surface area contributed by atoms with Crippen LogP contribution in [-0.4, -0.2) is 25.1 Å². The fourth-order valence-corrected chi connectivity index (χ4v) is 4.96. The number of amides is 1. The number of carbonyl (C=O) groups is 1. The van der Waals surface area contributed by atoms with Gasteiger partial charge in [-0.3, -0.25) is 9.52 Å². The molecule has 0 radical (unpaired) electrons. The molecule has 0 saturated carbocycles. The molecule has 0 fully saturated rings. The molecular weight excluding hydrogens is 390 g/mol. The molecule has 3 aromatic rings. The number of benzene rings is 1. The van der Waals surface area contributed by atoms with Crippen molar-refractivity contribution >= 4 is 50.0 Å². The number of hydrogen-bond donors (Lipinski definition) is 2. The molecule has 0 aliphatic heterocycles. The zero-order valence-corrected chi connectivity index (χ0v) is 16.4. The fourth-order valence-electron chi connectivity index (χ4n) is 2.21. The molecule has 0 unspecified atom stereocenters. The average molecular weight is 408 g/mol. The first-order valence-electron chi connectivity index (χ1n) is 7.88. The summed E-state index contributed by atoms with van der Waals surface area (Å²) >= 11 is 2.90. The molecule has 2 N–H and O–H groups in total. The van der Waals surface area contributed by atoms with Crippen LogP contribution in [0.2, 0.25) is 0 Å². The summed E-state index contributed by atoms with van der Waals surface area (Å²) in [5, 5.41) is 5.57. The van der Waals surface area contributed by atoms with E-state index in [4.69, 9.17) is 0 Å². The molecular formula is C17H17N3O3S3. The standard InChI is InChI=1S/C17H17N3O3S3/c1-2-10-26(22,23)20-13-7-5-12(6-8-13)19-16(21)15-11-18-17(25-15)14-4-3-9-24-14/h3-9,11,20H,2,10H2,1H3,(H,19,21). The first-order valence-corrected chi connectivity index (χ1v) is 11.2. The molecule has 0 saturated heterocycles. The molecule has 3 rings (SSSR count). The summed E-state index contributed by atoms with van der Waals surface area (Å²) in [7, 11) is -3.33. The van der Waals surface area contributed by atoms with Gasteiger partial charge in [-0.25, -0.2) is 13.4 Å². The molecule has 136 valence electrons. The molecule has 0 aliphatic carbocycles. The van der Waals surface area contributed by atoms with E-state index in [2.05, 4.69) is 15.0 Å². The van der Waals surface area contributed by atoms with Gasteiger partial charge in [-0.15, -0.1) is 22.7 Å². The Bertz CT molecular complexity index is 978. The summed E-state index contributed by atoms with van der Waals surface area (Å²) in [5.41, 5.74) is 1.05. The number of sulfonamides is 1. The minimum absolute atomic E-state index is 0.0729. The molecule has 2 heterocycles. The van der Waals surface area contributed by atoms with Crippen molar-refractivity contribution in [2.24, 2.45) is 0 Å². The smallest absolute Gasteiger partial charge is 0.267 e. The minimum atomic E-state index is -3.33. The monoisotopic (exact) mass is 407 g/mol. The average Bonchev–Trinajstić information content (AvgIpc) is 3.27. The van der Waals surface area contributed by atoms with Gasteiger partial charge in [0.2, 0.25) is 10.0 Å². The highest BCUT2D eigenvalue weighted by atomic mass is 32.2. The van der Waals surface area contributed by atoms with Gasteiger partial charge in [0, 0.05) is 11.4 Å². The number of hydrogen-bond acceptors (Lipinski definition) is 6. The SMILES string of the molecule is CCCS(=O)(=O)Nc1ccc(NC(=O)c2cnc(-c3cccs3)s2)cc1. The van der Waals surface area contributed by atoms with Gasteiger partial charge in [0.25, 0.3) is 5.91 Å². The number of rotatable bonds is 7. The lowest BCUT2D eigenvalue weighted by Gasteiger charge is -2.08. The lowest BCUT2D eigenvalue weighted by Crippen LogP contribution is -2.16. The lowest BCUT2D eigenvalue weighted by molar-refractivity contribution is 0.103. The first kappa shape index (κ1) is 18.6. The van der Waals surface area contributed by atoms with Gasteiger partial charge in [-0.1, -0.05) is 13.0 Å². The summed E-state index contributed by atoms with van der Waals surface area (Å²) in [6.07, 6.45) is 2.11. The maximum absolute atomic E-state index is 12.3. The summed E-state index contributed by atoms with van der Waals surface area (Å²) in [6, 6.07) is 10.5. The Hall–Kier alpha value is -2.23. The van der Waals surface area contributed by atoms with Crippen molar-refractivity contribution in [1.82, 2.24) is 4.98 Å². The second-order valence-corrected chi connectivity index (χ2v) is 9.28. The number of thiophene rings is 1. The van der Waals surface area contributed by atoms with Gasteiger partial charge in [0.15, 0.2) is 0 Å². The Balaban J connectivity index is 1.65. The highest BCUT2D eigenvalue weighted by Gasteiger charge is 2.13. The first-order chi connectivity index (χ1) is 12.5. The topological polar surface area (TPSA) is 88.2 Å². The van der Waals surface area contributed by atoms with E-state index in [0.29, 0.717) is 22.7 Å². The molecule has 0 spiro atoms. The zero-order chi connectivity index (χ0) is 18.6. The zero-order valence-electron chi connectivity index (χ0n) is 13.9. The largest absolute Gasteiger partial charge is 0.321 e. The second-order valence-electron chi connectivity index (χ2n) is 5.46. The Morgan fingerprint density at radius 2 is 1.88 bits per heavy atom. The van der Waals surface area contributed by atoms with Gasteiger partial charge < -0.3 is 5.32 Å². The van der Waals surface area contributed by atoms with Crippen molar-refractivity contribution < 1.29 is 13.2 Å². The predicted octanol–water partition coefficient (Wildman–Crippen LogP) is 4.28. The number of nitrogens with zero attached hydrogens (tertiary/aromatic N) is 1. The van der Waals surface area contributed by atoms with Gasteiger partial charge in [-0.2, -0.15) is 0 Å². The van der Waals surface area contributed by atoms with Crippen molar-refractivity contribution in [2.45, 2.75) is 13.3 Å². The van der Waals surface area contributed by atoms with E-state index in [1.54, 1.807) is 48.7 Å². The van der Waals surface area contributed by atoms with Crippen LogP contribution in [0.5, 0.6) is 0 Å². The molecule has 9 heteroatoms. The Morgan fingerprint density at radius 3 is 2.54 bits per heavy atom. The van der Waals surface area contributed by atoms with Crippen LogP contribution >= 0.6 is 22.7 Å². The quantitative estimate of drug-likeness (QED) is 0.612. The van der Waals surface area contributed by atoms with Gasteiger partial charge in [0.1, 0.15) is 9.88 Å². The van der Waals surface area contributed by atoms with Crippen LogP contribution in [0, 0.1) is 0 Å². The summed E-state index contributed by atoms with van der Waals surface area (Å²) in [5.74, 6) is -0.173. The highest BCUT2D eigenvalue weighted by molar-refractivity contribution is 7.92. The van der Waals surface area contributed by atoms with E-state index in [9.17, 15) is 13.2 Å². The van der Waals surface area contributed by atoms with Crippen LogP contribution in [0.25, 0.3) is 9.88 Å². The maximum Gasteiger partial charge on any atom is 0.267 e. The third-order valence-electron chi connectivity index (χ3n) is 3.35. The number of nitrogens with one attached hydrogen (secondary N) is 2. The van der Waals surface area contributed by atoms with Crippen molar-refractivity contribution in [2.75, 3.05) is 15.8 Å². The van der Waals surface area contributed by atoms with Crippen molar-refractivity contribution in [3.63, 3.8) is 0 Å². The highest BCUT2D eigenvalue weighted by Crippen LogP contribution is 2.29. The van der Waals surface area contributed by atoms with Gasteiger partial charge in [0.05, 0.1) is 16.8 Å². The number of thiazole rings is 1. The Morgan fingerprint density at radius 1 is 1.15 bits per heavy atom. The van der Waals surface area contributed by atoms with E-state index >= 15 is 0 Å². The molecule has 1 amide bonds. The number of aromatic nitrogens is 1. The normalized spacial score (nSPS) is 11.3. The molecule has 0 aliphatic rings. The van der Waals surface area contributed by atoms with Crippen LogP contribution < -0.4 is 10.0 Å². The van der Waals surface area contributed by atoms with Gasteiger partial charge >= 0.3 is 0 Å². The van der Waals surface area contributed by atoms with E-state index in [1.807, 2.05) is 17.5 Å². The molecule has 0 atom stereocenters. The van der Waals surface area contributed by atoms with Crippen molar-refractivity contribution in [1.29, 1.82) is 0 Å². The van der Waals surface area contributed by atoms with E-state index in [-0.39, 0.29) is 11.7 Å². The van der Waals surface area contributed by atoms with E-state index < -0.39 is 10.0 Å². The predicted molar refractivity (Wildman–Crippen MR) is 108 cm³/mol. The molecule has 26 heavy (non-hydrogen) atoms. The van der Waals surface area contributed by atoms with Gasteiger partial charge in [-0.05, 0) is 42.1 Å². The molecule has 2 aromatic heterocycles. The maximum atomic E-state index is 12.3. The number of anilines is 2. The third-order valence-corrected chi connectivity index (χ3v) is 6.88. The second kappa shape index (κ2) is 7.98.